The van der Waals surface area contributed by atoms with E-state index in [9.17, 15) is 4.79 Å². The molecule has 0 aromatic rings. The first-order chi connectivity index (χ1) is 6.52. The Morgan fingerprint density at radius 1 is 1.57 bits per heavy atom. The number of hydrogen-bond acceptors (Lipinski definition) is 2. The minimum atomic E-state index is -0.654. The fourth-order valence-electron chi connectivity index (χ4n) is 2.09. The van der Waals surface area contributed by atoms with Gasteiger partial charge in [0, 0.05) is 12.6 Å². The SMILES string of the molecule is CC(C)C(CN1CCCC1C)C(=O)O. The van der Waals surface area contributed by atoms with Crippen molar-refractivity contribution in [2.75, 3.05) is 13.1 Å². The summed E-state index contributed by atoms with van der Waals surface area (Å²) in [5, 5.41) is 9.06. The molecule has 3 nitrogen and oxygen atoms in total. The van der Waals surface area contributed by atoms with Crippen LogP contribution in [0.25, 0.3) is 0 Å². The number of hydrogen-bond donors (Lipinski definition) is 1. The van der Waals surface area contributed by atoms with Crippen LogP contribution in [-0.2, 0) is 4.79 Å². The minimum Gasteiger partial charge on any atom is -0.481 e. The average Bonchev–Trinajstić information content (AvgIpc) is 2.46. The van der Waals surface area contributed by atoms with Crippen LogP contribution in [0, 0.1) is 11.8 Å². The highest BCUT2D eigenvalue weighted by Gasteiger charge is 2.28. The molecule has 1 fully saturated rings. The van der Waals surface area contributed by atoms with Gasteiger partial charge in [-0.3, -0.25) is 9.69 Å². The summed E-state index contributed by atoms with van der Waals surface area (Å²) in [5.74, 6) is -0.644. The van der Waals surface area contributed by atoms with E-state index in [1.807, 2.05) is 13.8 Å². The summed E-state index contributed by atoms with van der Waals surface area (Å²) in [5.41, 5.74) is 0. The van der Waals surface area contributed by atoms with Crippen LogP contribution in [0.4, 0.5) is 0 Å². The Kier molecular flexibility index (Phi) is 3.93. The first kappa shape index (κ1) is 11.5. The standard InChI is InChI=1S/C11H21NO2/c1-8(2)10(11(13)14)7-12-6-4-5-9(12)3/h8-10H,4-7H2,1-3H3,(H,13,14). The van der Waals surface area contributed by atoms with Crippen LogP contribution < -0.4 is 0 Å². The Labute approximate surface area is 86.1 Å². The zero-order valence-electron chi connectivity index (χ0n) is 9.36. The van der Waals surface area contributed by atoms with Gasteiger partial charge < -0.3 is 5.11 Å². The highest BCUT2D eigenvalue weighted by atomic mass is 16.4. The quantitative estimate of drug-likeness (QED) is 0.751. The molecule has 14 heavy (non-hydrogen) atoms. The van der Waals surface area contributed by atoms with Crippen LogP contribution in [0.15, 0.2) is 0 Å². The van der Waals surface area contributed by atoms with E-state index in [0.717, 1.165) is 6.54 Å². The number of carboxylic acids is 1. The summed E-state index contributed by atoms with van der Waals surface area (Å²) >= 11 is 0. The molecule has 1 heterocycles. The van der Waals surface area contributed by atoms with E-state index >= 15 is 0 Å². The molecule has 0 amide bonds. The van der Waals surface area contributed by atoms with Gasteiger partial charge in [0.05, 0.1) is 5.92 Å². The van der Waals surface area contributed by atoms with Gasteiger partial charge in [0.25, 0.3) is 0 Å². The third-order valence-electron chi connectivity index (χ3n) is 3.24. The van der Waals surface area contributed by atoms with Gasteiger partial charge in [-0.05, 0) is 32.2 Å². The van der Waals surface area contributed by atoms with Crippen LogP contribution in [0.5, 0.6) is 0 Å². The van der Waals surface area contributed by atoms with E-state index < -0.39 is 5.97 Å². The third-order valence-corrected chi connectivity index (χ3v) is 3.24. The molecule has 0 spiro atoms. The van der Waals surface area contributed by atoms with Crippen molar-refractivity contribution in [2.24, 2.45) is 11.8 Å². The van der Waals surface area contributed by atoms with Crippen LogP contribution in [0.2, 0.25) is 0 Å². The topological polar surface area (TPSA) is 40.5 Å². The van der Waals surface area contributed by atoms with Crippen molar-refractivity contribution in [3.05, 3.63) is 0 Å². The maximum atomic E-state index is 11.0. The zero-order chi connectivity index (χ0) is 10.7. The van der Waals surface area contributed by atoms with Crippen molar-refractivity contribution < 1.29 is 9.90 Å². The molecule has 0 radical (unpaired) electrons. The molecule has 1 aliphatic rings. The third kappa shape index (κ3) is 2.71. The Hall–Kier alpha value is -0.570. The summed E-state index contributed by atoms with van der Waals surface area (Å²) in [7, 11) is 0. The van der Waals surface area contributed by atoms with Gasteiger partial charge in [0.15, 0.2) is 0 Å². The van der Waals surface area contributed by atoms with Crippen LogP contribution in [-0.4, -0.2) is 35.1 Å². The van der Waals surface area contributed by atoms with Gasteiger partial charge in [-0.25, -0.2) is 0 Å². The summed E-state index contributed by atoms with van der Waals surface area (Å²) in [6.07, 6.45) is 2.43. The molecule has 0 bridgehead atoms. The second-order valence-electron chi connectivity index (χ2n) is 4.67. The highest BCUT2D eigenvalue weighted by Crippen LogP contribution is 2.21. The number of nitrogens with zero attached hydrogens (tertiary/aromatic N) is 1. The molecule has 0 aliphatic carbocycles. The molecule has 0 aromatic heterocycles. The lowest BCUT2D eigenvalue weighted by molar-refractivity contribution is -0.144. The zero-order valence-corrected chi connectivity index (χ0v) is 9.36. The Morgan fingerprint density at radius 2 is 2.21 bits per heavy atom. The van der Waals surface area contributed by atoms with Gasteiger partial charge >= 0.3 is 5.97 Å². The van der Waals surface area contributed by atoms with Crippen molar-refractivity contribution in [3.63, 3.8) is 0 Å². The van der Waals surface area contributed by atoms with E-state index in [4.69, 9.17) is 5.11 Å². The van der Waals surface area contributed by atoms with E-state index in [0.29, 0.717) is 12.6 Å². The van der Waals surface area contributed by atoms with Gasteiger partial charge in [0.2, 0.25) is 0 Å². The molecule has 0 saturated carbocycles. The molecule has 2 unspecified atom stereocenters. The molecule has 2 atom stereocenters. The molecule has 82 valence electrons. The first-order valence-electron chi connectivity index (χ1n) is 5.49. The van der Waals surface area contributed by atoms with Crippen molar-refractivity contribution in [3.8, 4) is 0 Å². The van der Waals surface area contributed by atoms with E-state index in [2.05, 4.69) is 11.8 Å². The lowest BCUT2D eigenvalue weighted by Crippen LogP contribution is -2.37. The second kappa shape index (κ2) is 4.78. The largest absolute Gasteiger partial charge is 0.481 e. The summed E-state index contributed by atoms with van der Waals surface area (Å²) < 4.78 is 0. The monoisotopic (exact) mass is 199 g/mol. The molecular weight excluding hydrogens is 178 g/mol. The van der Waals surface area contributed by atoms with Crippen molar-refractivity contribution >= 4 is 5.97 Å². The summed E-state index contributed by atoms with van der Waals surface area (Å²) in [4.78, 5) is 13.3. The minimum absolute atomic E-state index is 0.212. The lowest BCUT2D eigenvalue weighted by atomic mass is 9.95. The average molecular weight is 199 g/mol. The predicted octanol–water partition coefficient (Wildman–Crippen LogP) is 1.83. The smallest absolute Gasteiger partial charge is 0.308 e. The van der Waals surface area contributed by atoms with Crippen molar-refractivity contribution in [1.82, 2.24) is 4.90 Å². The molecule has 1 aliphatic heterocycles. The molecule has 1 rings (SSSR count). The number of carboxylic acid groups (broad SMARTS) is 1. The van der Waals surface area contributed by atoms with Gasteiger partial charge in [-0.15, -0.1) is 0 Å². The first-order valence-corrected chi connectivity index (χ1v) is 5.49. The van der Waals surface area contributed by atoms with Crippen molar-refractivity contribution in [2.45, 2.75) is 39.7 Å². The Morgan fingerprint density at radius 3 is 2.57 bits per heavy atom. The van der Waals surface area contributed by atoms with E-state index in [1.165, 1.54) is 12.8 Å². The Balaban J connectivity index is 2.50. The molecule has 1 N–H and O–H groups in total. The number of aliphatic carboxylic acids is 1. The summed E-state index contributed by atoms with van der Waals surface area (Å²) in [6.45, 7) is 7.94. The maximum Gasteiger partial charge on any atom is 0.308 e. The Bertz CT molecular complexity index is 203. The van der Waals surface area contributed by atoms with Crippen LogP contribution >= 0.6 is 0 Å². The van der Waals surface area contributed by atoms with E-state index in [-0.39, 0.29) is 11.8 Å². The fourth-order valence-corrected chi connectivity index (χ4v) is 2.09. The van der Waals surface area contributed by atoms with Crippen molar-refractivity contribution in [1.29, 1.82) is 0 Å². The predicted molar refractivity (Wildman–Crippen MR) is 56.2 cm³/mol. The highest BCUT2D eigenvalue weighted by molar-refractivity contribution is 5.70. The summed E-state index contributed by atoms with van der Waals surface area (Å²) in [6, 6.07) is 0.565. The second-order valence-corrected chi connectivity index (χ2v) is 4.67. The van der Waals surface area contributed by atoms with Gasteiger partial charge in [-0.1, -0.05) is 13.8 Å². The van der Waals surface area contributed by atoms with Gasteiger partial charge in [-0.2, -0.15) is 0 Å². The molecular formula is C11H21NO2. The van der Waals surface area contributed by atoms with E-state index in [1.54, 1.807) is 0 Å². The fraction of sp³-hybridized carbons (Fsp3) is 0.909. The van der Waals surface area contributed by atoms with Gasteiger partial charge in [0.1, 0.15) is 0 Å². The maximum absolute atomic E-state index is 11.0. The number of likely N-dealkylation sites (tertiary alicyclic amines) is 1. The molecule has 0 aromatic carbocycles. The molecule has 3 heteroatoms. The lowest BCUT2D eigenvalue weighted by Gasteiger charge is -2.26. The normalized spacial score (nSPS) is 25.6. The number of rotatable bonds is 4. The molecule has 1 saturated heterocycles. The van der Waals surface area contributed by atoms with Crippen LogP contribution in [0.3, 0.4) is 0 Å². The number of carbonyl (C=O) groups is 1. The van der Waals surface area contributed by atoms with Crippen LogP contribution in [0.1, 0.15) is 33.6 Å².